The van der Waals surface area contributed by atoms with Crippen molar-refractivity contribution in [1.29, 1.82) is 0 Å². The number of hydrogen-bond acceptors (Lipinski definition) is 5. The van der Waals surface area contributed by atoms with Gasteiger partial charge in [-0.3, -0.25) is 9.79 Å². The van der Waals surface area contributed by atoms with Crippen molar-refractivity contribution in [2.75, 3.05) is 7.05 Å². The first kappa shape index (κ1) is 20.2. The minimum absolute atomic E-state index is 0.263. The van der Waals surface area contributed by atoms with Gasteiger partial charge in [-0.1, -0.05) is 51.7 Å². The molecule has 0 unspecified atom stereocenters. The van der Waals surface area contributed by atoms with E-state index in [4.69, 9.17) is 11.6 Å². The summed E-state index contributed by atoms with van der Waals surface area (Å²) in [7, 11) is 1.28. The molecule has 0 fully saturated rings. The van der Waals surface area contributed by atoms with E-state index in [0.29, 0.717) is 10.6 Å². The lowest BCUT2D eigenvalue weighted by molar-refractivity contribution is -0.745. The van der Waals surface area contributed by atoms with Gasteiger partial charge in [-0.05, 0) is 36.8 Å². The van der Waals surface area contributed by atoms with Crippen molar-refractivity contribution in [2.24, 2.45) is 10.1 Å². The summed E-state index contributed by atoms with van der Waals surface area (Å²) in [6.07, 6.45) is 1.47. The quantitative estimate of drug-likeness (QED) is 0.282. The number of nitrogens with zero attached hydrogens (tertiary/aromatic N) is 4. The summed E-state index contributed by atoms with van der Waals surface area (Å²) in [5.74, 6) is -1.06. The Morgan fingerprint density at radius 1 is 1.21 bits per heavy atom. The van der Waals surface area contributed by atoms with Gasteiger partial charge in [-0.2, -0.15) is 0 Å². The maximum atomic E-state index is 12.6. The number of Topliss-reactive ketones (excluding diaryl/α,β-unsaturated/α-hetero) is 1. The molecule has 0 aliphatic rings. The van der Waals surface area contributed by atoms with Gasteiger partial charge in [0, 0.05) is 28.3 Å². The van der Waals surface area contributed by atoms with Gasteiger partial charge in [-0.25, -0.2) is 4.79 Å². The van der Waals surface area contributed by atoms with Gasteiger partial charge >= 0.3 is 5.56 Å². The standard InChI is InChI=1S/C20H18ClN5O3/c1-13-3-5-14(6-4-13)11-23-26-20(29)18(19(28)22-2)25(24-26)12-17(27)15-7-9-16(21)10-8-15/h3-11H,12H2,1-2H3,(H-,22,24,28,29)/b23-11+. The molecule has 0 amide bonds. The number of ketones is 1. The van der Waals surface area contributed by atoms with E-state index in [1.165, 1.54) is 13.3 Å². The first-order valence-corrected chi connectivity index (χ1v) is 9.05. The van der Waals surface area contributed by atoms with Crippen LogP contribution in [-0.4, -0.2) is 34.9 Å². The highest BCUT2D eigenvalue weighted by Crippen LogP contribution is 2.10. The number of carbonyl (C=O) groups excluding carboxylic acids is 1. The highest BCUT2D eigenvalue weighted by molar-refractivity contribution is 6.30. The number of aromatic amines is 1. The first-order valence-electron chi connectivity index (χ1n) is 8.68. The lowest BCUT2D eigenvalue weighted by Crippen LogP contribution is -2.48. The molecule has 29 heavy (non-hydrogen) atoms. The number of nitrogens with one attached hydrogen (secondary N) is 1. The summed E-state index contributed by atoms with van der Waals surface area (Å²) in [5, 5.41) is 19.4. The van der Waals surface area contributed by atoms with E-state index in [2.05, 4.69) is 15.3 Å². The zero-order valence-electron chi connectivity index (χ0n) is 15.8. The van der Waals surface area contributed by atoms with Crippen LogP contribution in [0.25, 0.3) is 0 Å². The number of benzene rings is 2. The van der Waals surface area contributed by atoms with Gasteiger partial charge in [0.15, 0.2) is 6.54 Å². The molecule has 1 N–H and O–H groups in total. The van der Waals surface area contributed by atoms with Crippen LogP contribution in [0, 0.1) is 6.92 Å². The van der Waals surface area contributed by atoms with E-state index in [-0.39, 0.29) is 18.0 Å². The molecule has 0 aliphatic heterocycles. The lowest BCUT2D eigenvalue weighted by atomic mass is 10.1. The van der Waals surface area contributed by atoms with Crippen LogP contribution >= 0.6 is 11.6 Å². The molecule has 148 valence electrons. The number of hydrogen-bond donors (Lipinski definition) is 1. The fraction of sp³-hybridized carbons (Fsp3) is 0.150. The maximum Gasteiger partial charge on any atom is 0.427 e. The Morgan fingerprint density at radius 3 is 2.48 bits per heavy atom. The number of aryl methyl sites for hydroxylation is 1. The molecule has 0 aliphatic carbocycles. The van der Waals surface area contributed by atoms with Crippen molar-refractivity contribution in [1.82, 2.24) is 10.0 Å². The number of aromatic nitrogens is 3. The minimum atomic E-state index is -0.751. The van der Waals surface area contributed by atoms with Crippen LogP contribution in [0.1, 0.15) is 27.2 Å². The molecule has 0 saturated heterocycles. The topological polar surface area (TPSA) is 107 Å². The molecule has 1 heterocycles. The normalized spacial score (nSPS) is 11.9. The fourth-order valence-electron chi connectivity index (χ4n) is 2.58. The smallest absolute Gasteiger partial charge is 0.427 e. The van der Waals surface area contributed by atoms with Crippen LogP contribution in [0.4, 0.5) is 0 Å². The zero-order valence-corrected chi connectivity index (χ0v) is 16.6. The van der Waals surface area contributed by atoms with Gasteiger partial charge in [0.05, 0.1) is 6.21 Å². The second kappa shape index (κ2) is 8.66. The number of aliphatic imine (C=N–C) groups is 1. The average Bonchev–Trinajstić information content (AvgIpc) is 3.02. The van der Waals surface area contributed by atoms with Crippen LogP contribution in [-0.2, 0) is 6.54 Å². The third kappa shape index (κ3) is 4.67. The van der Waals surface area contributed by atoms with Gasteiger partial charge in [0.25, 0.3) is 5.69 Å². The molecule has 0 bridgehead atoms. The van der Waals surface area contributed by atoms with Crippen LogP contribution in [0.15, 0.2) is 63.4 Å². The number of carbonyl (C=O) groups is 1. The van der Waals surface area contributed by atoms with Crippen molar-refractivity contribution >= 4 is 29.5 Å². The molecule has 2 aromatic carbocycles. The van der Waals surface area contributed by atoms with E-state index in [1.54, 1.807) is 24.3 Å². The molecule has 0 spiro atoms. The van der Waals surface area contributed by atoms with E-state index in [1.807, 2.05) is 31.2 Å². The molecule has 0 saturated carbocycles. The summed E-state index contributed by atoms with van der Waals surface area (Å²) in [5.41, 5.74) is 1.28. The predicted molar refractivity (Wildman–Crippen MR) is 108 cm³/mol. The second-order valence-corrected chi connectivity index (χ2v) is 6.70. The Hall–Kier alpha value is -3.52. The van der Waals surface area contributed by atoms with Crippen molar-refractivity contribution in [3.05, 3.63) is 86.3 Å². The molecule has 3 aromatic rings. The van der Waals surface area contributed by atoms with Gasteiger partial charge in [0.2, 0.25) is 5.78 Å². The SMILES string of the molecule is CN=C([O-])c1c(=O)n(/N=C/c2ccc(C)cc2)[nH][n+]1CC(=O)c1ccc(Cl)cc1. The number of H-pyrrole nitrogens is 1. The molecular formula is C20H18ClN5O3. The second-order valence-electron chi connectivity index (χ2n) is 6.27. The van der Waals surface area contributed by atoms with Gasteiger partial charge in [0.1, 0.15) is 0 Å². The van der Waals surface area contributed by atoms with E-state index >= 15 is 0 Å². The van der Waals surface area contributed by atoms with Crippen LogP contribution < -0.4 is 15.3 Å². The predicted octanol–water partition coefficient (Wildman–Crippen LogP) is 0.928. The molecule has 0 radical (unpaired) electrons. The Bertz CT molecular complexity index is 1140. The largest absolute Gasteiger partial charge is 0.856 e. The summed E-state index contributed by atoms with van der Waals surface area (Å²) in [4.78, 5) is 29.6. The molecule has 3 rings (SSSR count). The van der Waals surface area contributed by atoms with Crippen molar-refractivity contribution in [2.45, 2.75) is 13.5 Å². The number of rotatable bonds is 6. The Balaban J connectivity index is 1.94. The van der Waals surface area contributed by atoms with Gasteiger partial charge in [-0.15, -0.1) is 4.68 Å². The lowest BCUT2D eigenvalue weighted by Gasteiger charge is -2.05. The highest BCUT2D eigenvalue weighted by Gasteiger charge is 2.24. The molecule has 9 heteroatoms. The highest BCUT2D eigenvalue weighted by atomic mass is 35.5. The van der Waals surface area contributed by atoms with E-state index in [0.717, 1.165) is 20.6 Å². The fourth-order valence-corrected chi connectivity index (χ4v) is 2.70. The third-order valence-corrected chi connectivity index (χ3v) is 4.41. The monoisotopic (exact) mass is 411 g/mol. The summed E-state index contributed by atoms with van der Waals surface area (Å²) in [6.45, 7) is 1.70. The molecule has 0 atom stereocenters. The molecule has 1 aromatic heterocycles. The van der Waals surface area contributed by atoms with E-state index in [9.17, 15) is 14.7 Å². The van der Waals surface area contributed by atoms with Crippen LogP contribution in [0.2, 0.25) is 5.02 Å². The summed E-state index contributed by atoms with van der Waals surface area (Å²) < 4.78 is 1.14. The zero-order chi connectivity index (χ0) is 21.0. The Kier molecular flexibility index (Phi) is 6.04. The van der Waals surface area contributed by atoms with Crippen LogP contribution in [0.3, 0.4) is 0 Å². The van der Waals surface area contributed by atoms with Crippen molar-refractivity contribution < 1.29 is 14.6 Å². The molecule has 8 nitrogen and oxygen atoms in total. The third-order valence-electron chi connectivity index (χ3n) is 4.15. The Morgan fingerprint density at radius 2 is 1.86 bits per heavy atom. The van der Waals surface area contributed by atoms with Crippen molar-refractivity contribution in [3.8, 4) is 0 Å². The van der Waals surface area contributed by atoms with Crippen LogP contribution in [0.5, 0.6) is 0 Å². The molecular weight excluding hydrogens is 394 g/mol. The summed E-state index contributed by atoms with van der Waals surface area (Å²) >= 11 is 5.84. The summed E-state index contributed by atoms with van der Waals surface area (Å²) in [6, 6.07) is 13.8. The number of halogens is 1. The maximum absolute atomic E-state index is 12.6. The van der Waals surface area contributed by atoms with Gasteiger partial charge < -0.3 is 5.11 Å². The minimum Gasteiger partial charge on any atom is -0.856 e. The van der Waals surface area contributed by atoms with E-state index < -0.39 is 11.5 Å². The first-order chi connectivity index (χ1) is 13.9. The Labute approximate surface area is 171 Å². The van der Waals surface area contributed by atoms with Crippen molar-refractivity contribution in [3.63, 3.8) is 0 Å². The average molecular weight is 412 g/mol.